The third kappa shape index (κ3) is 4.85. The van der Waals surface area contributed by atoms with Crippen molar-refractivity contribution < 1.29 is 13.2 Å². The van der Waals surface area contributed by atoms with Gasteiger partial charge < -0.3 is 10.5 Å². The average molecular weight is 335 g/mol. The maximum atomic E-state index is 12.3. The van der Waals surface area contributed by atoms with E-state index in [1.807, 2.05) is 0 Å². The zero-order valence-electron chi connectivity index (χ0n) is 12.2. The summed E-state index contributed by atoms with van der Waals surface area (Å²) in [5, 5.41) is 0. The monoisotopic (exact) mass is 334 g/mol. The molecule has 0 radical (unpaired) electrons. The predicted octanol–water partition coefficient (Wildman–Crippen LogP) is 1.81. The number of nitrogens with two attached hydrogens (primary N) is 1. The van der Waals surface area contributed by atoms with Crippen LogP contribution >= 0.6 is 12.4 Å². The van der Waals surface area contributed by atoms with Gasteiger partial charge >= 0.3 is 0 Å². The molecular formula is C14H23ClN2O3S. The van der Waals surface area contributed by atoms with Crippen molar-refractivity contribution in [3.8, 4) is 5.75 Å². The van der Waals surface area contributed by atoms with Crippen LogP contribution < -0.4 is 15.2 Å². The third-order valence-corrected chi connectivity index (χ3v) is 5.27. The predicted molar refractivity (Wildman–Crippen MR) is 86.3 cm³/mol. The van der Waals surface area contributed by atoms with Crippen LogP contribution in [-0.4, -0.2) is 27.6 Å². The number of hydrogen-bond acceptors (Lipinski definition) is 4. The summed E-state index contributed by atoms with van der Waals surface area (Å²) in [5.74, 6) is 0.610. The molecule has 0 bridgehead atoms. The lowest BCUT2D eigenvalue weighted by Gasteiger charge is -2.28. The number of benzene rings is 1. The molecule has 1 aromatic rings. The topological polar surface area (TPSA) is 81.4 Å². The molecule has 1 aliphatic rings. The molecule has 2 rings (SSSR count). The molecule has 0 aromatic heterocycles. The normalized spacial score (nSPS) is 17.2. The van der Waals surface area contributed by atoms with Crippen molar-refractivity contribution in [1.29, 1.82) is 0 Å². The van der Waals surface area contributed by atoms with E-state index in [0.29, 0.717) is 17.9 Å². The van der Waals surface area contributed by atoms with E-state index in [1.54, 1.807) is 31.4 Å². The minimum atomic E-state index is -3.40. The minimum Gasteiger partial charge on any atom is -0.497 e. The molecule has 1 aromatic carbocycles. The SMILES string of the molecule is COc1cccc(CS(=O)(=O)NC2(CN)CCCC2)c1.Cl. The number of hydrogen-bond donors (Lipinski definition) is 2. The first-order valence-corrected chi connectivity index (χ1v) is 8.48. The number of nitrogens with one attached hydrogen (secondary N) is 1. The number of ether oxygens (including phenoxy) is 1. The Bertz CT molecular complexity index is 557. The van der Waals surface area contributed by atoms with Gasteiger partial charge in [0.05, 0.1) is 12.9 Å². The van der Waals surface area contributed by atoms with E-state index in [2.05, 4.69) is 4.72 Å². The van der Waals surface area contributed by atoms with Gasteiger partial charge in [-0.2, -0.15) is 0 Å². The molecule has 1 saturated carbocycles. The maximum Gasteiger partial charge on any atom is 0.216 e. The largest absolute Gasteiger partial charge is 0.497 e. The van der Waals surface area contributed by atoms with Gasteiger partial charge in [-0.15, -0.1) is 12.4 Å². The first kappa shape index (κ1) is 18.2. The van der Waals surface area contributed by atoms with Crippen LogP contribution in [0.4, 0.5) is 0 Å². The molecule has 3 N–H and O–H groups in total. The Balaban J connectivity index is 0.00000220. The van der Waals surface area contributed by atoms with Gasteiger partial charge in [-0.1, -0.05) is 25.0 Å². The molecule has 0 atom stereocenters. The van der Waals surface area contributed by atoms with E-state index in [0.717, 1.165) is 25.7 Å². The quantitative estimate of drug-likeness (QED) is 0.831. The summed E-state index contributed by atoms with van der Waals surface area (Å²) < 4.78 is 32.5. The van der Waals surface area contributed by atoms with Crippen LogP contribution in [0.1, 0.15) is 31.2 Å². The van der Waals surface area contributed by atoms with Gasteiger partial charge in [-0.3, -0.25) is 0 Å². The zero-order valence-corrected chi connectivity index (χ0v) is 13.8. The molecule has 0 saturated heterocycles. The third-order valence-electron chi connectivity index (χ3n) is 3.81. The Morgan fingerprint density at radius 1 is 1.33 bits per heavy atom. The first-order chi connectivity index (χ1) is 9.49. The summed E-state index contributed by atoms with van der Waals surface area (Å²) in [4.78, 5) is 0. The fourth-order valence-corrected chi connectivity index (χ4v) is 4.39. The van der Waals surface area contributed by atoms with Crippen LogP contribution in [0.5, 0.6) is 5.75 Å². The summed E-state index contributed by atoms with van der Waals surface area (Å²) in [7, 11) is -1.84. The Hall–Kier alpha value is -0.820. The van der Waals surface area contributed by atoms with Crippen molar-refractivity contribution >= 4 is 22.4 Å². The molecule has 1 aliphatic carbocycles. The van der Waals surface area contributed by atoms with Gasteiger partial charge in [-0.05, 0) is 30.5 Å². The standard InChI is InChI=1S/C14H22N2O3S.ClH/c1-19-13-6-4-5-12(9-13)10-20(17,18)16-14(11-15)7-2-3-8-14;/h4-6,9,16H,2-3,7-8,10-11,15H2,1H3;1H. The summed E-state index contributed by atoms with van der Waals surface area (Å²) in [6, 6.07) is 7.11. The Morgan fingerprint density at radius 3 is 2.57 bits per heavy atom. The highest BCUT2D eigenvalue weighted by molar-refractivity contribution is 7.88. The molecule has 0 heterocycles. The summed E-state index contributed by atoms with van der Waals surface area (Å²) in [6.07, 6.45) is 3.69. The molecule has 0 unspecified atom stereocenters. The lowest BCUT2D eigenvalue weighted by atomic mass is 10.0. The summed E-state index contributed by atoms with van der Waals surface area (Å²) >= 11 is 0. The average Bonchev–Trinajstić information content (AvgIpc) is 2.86. The molecule has 21 heavy (non-hydrogen) atoms. The molecule has 0 spiro atoms. The highest BCUT2D eigenvalue weighted by Crippen LogP contribution is 2.29. The fourth-order valence-electron chi connectivity index (χ4n) is 2.75. The molecule has 0 amide bonds. The molecular weight excluding hydrogens is 312 g/mol. The van der Waals surface area contributed by atoms with Gasteiger partial charge in [0, 0.05) is 12.1 Å². The highest BCUT2D eigenvalue weighted by atomic mass is 35.5. The first-order valence-electron chi connectivity index (χ1n) is 6.83. The molecule has 1 fully saturated rings. The van der Waals surface area contributed by atoms with Gasteiger partial charge in [0.25, 0.3) is 0 Å². The van der Waals surface area contributed by atoms with Crippen LogP contribution in [0.3, 0.4) is 0 Å². The van der Waals surface area contributed by atoms with Gasteiger partial charge in [-0.25, -0.2) is 13.1 Å². The number of sulfonamides is 1. The van der Waals surface area contributed by atoms with Crippen molar-refractivity contribution in [3.05, 3.63) is 29.8 Å². The van der Waals surface area contributed by atoms with E-state index in [-0.39, 0.29) is 18.2 Å². The van der Waals surface area contributed by atoms with Crippen LogP contribution in [0, 0.1) is 0 Å². The molecule has 0 aliphatic heterocycles. The lowest BCUT2D eigenvalue weighted by molar-refractivity contribution is 0.399. The molecule has 7 heteroatoms. The van der Waals surface area contributed by atoms with Crippen molar-refractivity contribution in [2.45, 2.75) is 37.0 Å². The second-order valence-electron chi connectivity index (χ2n) is 5.40. The second kappa shape index (κ2) is 7.45. The van der Waals surface area contributed by atoms with E-state index < -0.39 is 15.6 Å². The smallest absolute Gasteiger partial charge is 0.216 e. The summed E-state index contributed by atoms with van der Waals surface area (Å²) in [6.45, 7) is 0.352. The number of rotatable bonds is 6. The van der Waals surface area contributed by atoms with Crippen molar-refractivity contribution in [2.24, 2.45) is 5.73 Å². The van der Waals surface area contributed by atoms with Gasteiger partial charge in [0.15, 0.2) is 0 Å². The van der Waals surface area contributed by atoms with Crippen LogP contribution in [0.15, 0.2) is 24.3 Å². The van der Waals surface area contributed by atoms with Gasteiger partial charge in [0.1, 0.15) is 5.75 Å². The molecule has 5 nitrogen and oxygen atoms in total. The maximum absolute atomic E-state index is 12.3. The van der Waals surface area contributed by atoms with E-state index >= 15 is 0 Å². The van der Waals surface area contributed by atoms with E-state index in [9.17, 15) is 8.42 Å². The second-order valence-corrected chi connectivity index (χ2v) is 7.13. The minimum absolute atomic E-state index is 0. The lowest BCUT2D eigenvalue weighted by Crippen LogP contribution is -2.51. The van der Waals surface area contributed by atoms with E-state index in [1.165, 1.54) is 0 Å². The summed E-state index contributed by atoms with van der Waals surface area (Å²) in [5.41, 5.74) is 6.03. The number of methoxy groups -OCH3 is 1. The van der Waals surface area contributed by atoms with Crippen LogP contribution in [-0.2, 0) is 15.8 Å². The van der Waals surface area contributed by atoms with Crippen molar-refractivity contribution in [3.63, 3.8) is 0 Å². The van der Waals surface area contributed by atoms with Crippen LogP contribution in [0.25, 0.3) is 0 Å². The Labute approximate surface area is 132 Å². The molecule has 120 valence electrons. The fraction of sp³-hybridized carbons (Fsp3) is 0.571. The van der Waals surface area contributed by atoms with E-state index in [4.69, 9.17) is 10.5 Å². The number of halogens is 1. The Morgan fingerprint density at radius 2 is 2.00 bits per heavy atom. The van der Waals surface area contributed by atoms with Crippen LogP contribution in [0.2, 0.25) is 0 Å². The van der Waals surface area contributed by atoms with Crippen molar-refractivity contribution in [1.82, 2.24) is 4.72 Å². The highest BCUT2D eigenvalue weighted by Gasteiger charge is 2.36. The van der Waals surface area contributed by atoms with Crippen molar-refractivity contribution in [2.75, 3.05) is 13.7 Å². The zero-order chi connectivity index (χ0) is 14.6. The van der Waals surface area contributed by atoms with Gasteiger partial charge in [0.2, 0.25) is 10.0 Å². The Kier molecular flexibility index (Phi) is 6.46.